The average molecular weight is 490 g/mol. The molecule has 0 atom stereocenters. The van der Waals surface area contributed by atoms with Crippen molar-refractivity contribution < 1.29 is 18.0 Å². The monoisotopic (exact) mass is 490 g/mol. The Labute approximate surface area is 204 Å². The molecular weight excluding hydrogens is 469 g/mol. The number of nitrogens with one attached hydrogen (secondary N) is 3. The highest BCUT2D eigenvalue weighted by atomic mass is 19.4. The van der Waals surface area contributed by atoms with Crippen LogP contribution in [-0.2, 0) is 6.18 Å². The average Bonchev–Trinajstić information content (AvgIpc) is 3.19. The van der Waals surface area contributed by atoms with Crippen molar-refractivity contribution in [2.45, 2.75) is 13.1 Å². The molecule has 5 rings (SSSR count). The van der Waals surface area contributed by atoms with Crippen molar-refractivity contribution in [2.75, 3.05) is 22.6 Å². The predicted molar refractivity (Wildman–Crippen MR) is 134 cm³/mol. The molecule has 36 heavy (non-hydrogen) atoms. The van der Waals surface area contributed by atoms with Crippen molar-refractivity contribution in [2.24, 2.45) is 0 Å². The van der Waals surface area contributed by atoms with Gasteiger partial charge in [-0.05, 0) is 54.4 Å². The summed E-state index contributed by atoms with van der Waals surface area (Å²) in [5.74, 6) is 0.826. The Balaban J connectivity index is 1.62. The van der Waals surface area contributed by atoms with Crippen LogP contribution in [0.15, 0.2) is 73.3 Å². The van der Waals surface area contributed by atoms with E-state index in [0.29, 0.717) is 34.2 Å². The Kier molecular flexibility index (Phi) is 5.51. The van der Waals surface area contributed by atoms with E-state index in [0.717, 1.165) is 22.6 Å². The summed E-state index contributed by atoms with van der Waals surface area (Å²) in [5, 5.41) is 8.95. The second-order valence-corrected chi connectivity index (χ2v) is 8.24. The second-order valence-electron chi connectivity index (χ2n) is 8.24. The summed E-state index contributed by atoms with van der Waals surface area (Å²) < 4.78 is 40.9. The van der Waals surface area contributed by atoms with Gasteiger partial charge in [-0.3, -0.25) is 15.2 Å². The number of nitrogens with zero attached hydrogens (tertiary/aromatic N) is 3. The summed E-state index contributed by atoms with van der Waals surface area (Å²) in [6.07, 6.45) is -1.20. The molecule has 4 aromatic rings. The Bertz CT molecular complexity index is 1520. The van der Waals surface area contributed by atoms with Gasteiger partial charge in [0.15, 0.2) is 0 Å². The van der Waals surface area contributed by atoms with Crippen molar-refractivity contribution in [3.63, 3.8) is 0 Å². The van der Waals surface area contributed by atoms with Gasteiger partial charge >= 0.3 is 12.2 Å². The number of benzene rings is 2. The molecule has 10 heteroatoms. The molecule has 0 unspecified atom stereocenters. The molecule has 182 valence electrons. The summed E-state index contributed by atoms with van der Waals surface area (Å²) in [5.41, 5.74) is 3.39. The first-order valence-electron chi connectivity index (χ1n) is 11.0. The van der Waals surface area contributed by atoms with E-state index in [1.54, 1.807) is 29.4 Å². The van der Waals surface area contributed by atoms with Gasteiger partial charge in [0.1, 0.15) is 11.6 Å². The number of amides is 2. The Hall–Kier alpha value is -4.60. The van der Waals surface area contributed by atoms with E-state index in [1.807, 2.05) is 24.3 Å². The lowest BCUT2D eigenvalue weighted by Gasteiger charge is -2.24. The van der Waals surface area contributed by atoms with Gasteiger partial charge in [-0.25, -0.2) is 9.78 Å². The van der Waals surface area contributed by atoms with E-state index in [1.165, 1.54) is 20.0 Å². The van der Waals surface area contributed by atoms with Crippen LogP contribution >= 0.6 is 0 Å². The van der Waals surface area contributed by atoms with Crippen LogP contribution in [0.1, 0.15) is 11.1 Å². The number of aromatic nitrogens is 2. The maximum absolute atomic E-state index is 13.6. The number of anilines is 4. The van der Waals surface area contributed by atoms with Crippen molar-refractivity contribution in [1.82, 2.24) is 15.3 Å². The molecule has 1 aliphatic heterocycles. The zero-order valence-electron chi connectivity index (χ0n) is 19.4. The zero-order chi connectivity index (χ0) is 25.6. The lowest BCUT2D eigenvalue weighted by atomic mass is 10.0. The summed E-state index contributed by atoms with van der Waals surface area (Å²) in [4.78, 5) is 22.0. The molecule has 0 spiro atoms. The first-order valence-corrected chi connectivity index (χ1v) is 11.0. The van der Waals surface area contributed by atoms with Gasteiger partial charge in [0, 0.05) is 24.2 Å². The zero-order valence-corrected chi connectivity index (χ0v) is 19.4. The van der Waals surface area contributed by atoms with Crippen LogP contribution in [0.3, 0.4) is 0 Å². The summed E-state index contributed by atoms with van der Waals surface area (Å²) in [7, 11) is 1.51. The summed E-state index contributed by atoms with van der Waals surface area (Å²) in [6.45, 7) is 5.50. The molecule has 3 N–H and O–H groups in total. The highest BCUT2D eigenvalue weighted by Gasteiger charge is 2.35. The highest BCUT2D eigenvalue weighted by molar-refractivity contribution is 6.06. The first-order chi connectivity index (χ1) is 17.2. The van der Waals surface area contributed by atoms with Crippen molar-refractivity contribution in [3.05, 3.63) is 84.5 Å². The number of urea groups is 1. The third-order valence-electron chi connectivity index (χ3n) is 6.03. The van der Waals surface area contributed by atoms with E-state index < -0.39 is 11.7 Å². The molecule has 0 fully saturated rings. The fourth-order valence-corrected chi connectivity index (χ4v) is 4.29. The van der Waals surface area contributed by atoms with E-state index >= 15 is 0 Å². The predicted octanol–water partition coefficient (Wildman–Crippen LogP) is 6.41. The molecule has 3 heterocycles. The van der Waals surface area contributed by atoms with E-state index in [9.17, 15) is 18.0 Å². The van der Waals surface area contributed by atoms with Gasteiger partial charge in [-0.15, -0.1) is 0 Å². The van der Waals surface area contributed by atoms with E-state index in [2.05, 4.69) is 32.5 Å². The molecule has 7 nitrogen and oxygen atoms in total. The van der Waals surface area contributed by atoms with Crippen LogP contribution < -0.4 is 20.9 Å². The topological polar surface area (TPSA) is 82.2 Å². The normalized spacial score (nSPS) is 12.9. The number of rotatable bonds is 3. The molecule has 2 aromatic heterocycles. The largest absolute Gasteiger partial charge is 0.416 e. The number of hydrogen-bond acceptors (Lipinski definition) is 5. The van der Waals surface area contributed by atoms with Crippen LogP contribution in [0.5, 0.6) is 0 Å². The maximum atomic E-state index is 13.6. The van der Waals surface area contributed by atoms with Crippen LogP contribution in [0.25, 0.3) is 22.0 Å². The SMILES string of the molecule is C=C1Nc2cnc3ccc(-c4ccc(NC(=O)NC)nc4)cc3c2N1c1cccc(C(F)(F)F)c1C. The Morgan fingerprint density at radius 3 is 2.53 bits per heavy atom. The molecule has 2 aromatic carbocycles. The van der Waals surface area contributed by atoms with Crippen LogP contribution in [0, 0.1) is 6.92 Å². The maximum Gasteiger partial charge on any atom is 0.416 e. The lowest BCUT2D eigenvalue weighted by Crippen LogP contribution is -2.24. The van der Waals surface area contributed by atoms with Crippen LogP contribution in [0.4, 0.5) is 40.8 Å². The molecule has 0 aliphatic carbocycles. The third-order valence-corrected chi connectivity index (χ3v) is 6.03. The quantitative estimate of drug-likeness (QED) is 0.309. The minimum Gasteiger partial charge on any atom is -0.341 e. The van der Waals surface area contributed by atoms with Gasteiger partial charge < -0.3 is 10.6 Å². The van der Waals surface area contributed by atoms with Crippen LogP contribution in [0.2, 0.25) is 0 Å². The van der Waals surface area contributed by atoms with Gasteiger partial charge in [0.2, 0.25) is 0 Å². The Morgan fingerprint density at radius 1 is 1.06 bits per heavy atom. The number of carbonyl (C=O) groups is 1. The molecule has 0 saturated heterocycles. The number of halogens is 3. The fourth-order valence-electron chi connectivity index (χ4n) is 4.29. The number of alkyl halides is 3. The lowest BCUT2D eigenvalue weighted by molar-refractivity contribution is -0.138. The smallest absolute Gasteiger partial charge is 0.341 e. The number of fused-ring (bicyclic) bond motifs is 3. The fraction of sp³-hybridized carbons (Fsp3) is 0.115. The Morgan fingerprint density at radius 2 is 1.83 bits per heavy atom. The molecule has 0 radical (unpaired) electrons. The minimum atomic E-state index is -4.48. The molecule has 0 bridgehead atoms. The van der Waals surface area contributed by atoms with Crippen LogP contribution in [-0.4, -0.2) is 23.0 Å². The molecule has 2 amide bonds. The van der Waals surface area contributed by atoms with Crippen molar-refractivity contribution in [1.29, 1.82) is 0 Å². The van der Waals surface area contributed by atoms with E-state index in [-0.39, 0.29) is 11.6 Å². The van der Waals surface area contributed by atoms with Gasteiger partial charge in [0.05, 0.1) is 34.3 Å². The summed E-state index contributed by atoms with van der Waals surface area (Å²) in [6, 6.07) is 12.9. The number of hydrogen-bond donors (Lipinski definition) is 3. The van der Waals surface area contributed by atoms with Gasteiger partial charge in [-0.1, -0.05) is 18.7 Å². The minimum absolute atomic E-state index is 0.102. The number of carbonyl (C=O) groups excluding carboxylic acids is 1. The van der Waals surface area contributed by atoms with Crippen molar-refractivity contribution in [3.8, 4) is 11.1 Å². The molecular formula is C26H21F3N6O. The standard InChI is InChI=1S/C26H21F3N6O/c1-14-19(26(27,28)29)5-4-6-22(14)35-15(2)33-21-13-31-20-9-7-16(11-18(20)24(21)35)17-8-10-23(32-12-17)34-25(36)30-3/h4-13,33H,2H2,1,3H3,(H2,30,32,34,36). The number of pyridine rings is 2. The third kappa shape index (κ3) is 3.96. The molecule has 0 saturated carbocycles. The van der Waals surface area contributed by atoms with Gasteiger partial charge in [-0.2, -0.15) is 13.2 Å². The second kappa shape index (κ2) is 8.56. The highest BCUT2D eigenvalue weighted by Crippen LogP contribution is 2.48. The van der Waals surface area contributed by atoms with Crippen molar-refractivity contribution >= 4 is 39.8 Å². The van der Waals surface area contributed by atoms with Gasteiger partial charge in [0.25, 0.3) is 0 Å². The first kappa shape index (κ1) is 23.2. The van der Waals surface area contributed by atoms with E-state index in [4.69, 9.17) is 0 Å². The molecule has 1 aliphatic rings. The summed E-state index contributed by atoms with van der Waals surface area (Å²) >= 11 is 0.